The average Bonchev–Trinajstić information content (AvgIpc) is 2.95. The number of thiophene rings is 1. The molecular weight excluding hydrogens is 340 g/mol. The van der Waals surface area contributed by atoms with Gasteiger partial charge in [-0.15, -0.1) is 11.3 Å². The van der Waals surface area contributed by atoms with Crippen molar-refractivity contribution in [2.45, 2.75) is 13.8 Å². The number of carbonyl (C=O) groups excluding carboxylic acids is 2. The molecule has 0 unspecified atom stereocenters. The Morgan fingerprint density at radius 3 is 2.52 bits per heavy atom. The quantitative estimate of drug-likeness (QED) is 0.427. The van der Waals surface area contributed by atoms with Gasteiger partial charge in [-0.25, -0.2) is 4.79 Å². The van der Waals surface area contributed by atoms with Crippen LogP contribution in [-0.4, -0.2) is 32.6 Å². The van der Waals surface area contributed by atoms with Crippen LogP contribution in [0, 0.1) is 13.8 Å². The van der Waals surface area contributed by atoms with Gasteiger partial charge in [0, 0.05) is 27.0 Å². The molecule has 0 saturated carbocycles. The Morgan fingerprint density at radius 2 is 1.92 bits per heavy atom. The van der Waals surface area contributed by atoms with Crippen molar-refractivity contribution in [2.75, 3.05) is 20.8 Å². The topological polar surface area (TPSA) is 61.8 Å². The van der Waals surface area contributed by atoms with E-state index in [2.05, 4.69) is 0 Å². The predicted octanol–water partition coefficient (Wildman–Crippen LogP) is 3.82. The largest absolute Gasteiger partial charge is 0.493 e. The first-order chi connectivity index (χ1) is 12.0. The molecule has 2 rings (SSSR count). The molecule has 0 radical (unpaired) electrons. The molecular formula is C19H20O5S. The molecule has 0 aliphatic carbocycles. The van der Waals surface area contributed by atoms with Crippen molar-refractivity contribution in [3.05, 3.63) is 51.2 Å². The maximum Gasteiger partial charge on any atom is 0.331 e. The summed E-state index contributed by atoms with van der Waals surface area (Å²) in [4.78, 5) is 26.0. The number of hydrogen-bond acceptors (Lipinski definition) is 6. The summed E-state index contributed by atoms with van der Waals surface area (Å²) in [6.45, 7) is 3.53. The van der Waals surface area contributed by atoms with Gasteiger partial charge in [0.25, 0.3) is 0 Å². The van der Waals surface area contributed by atoms with Crippen molar-refractivity contribution in [1.82, 2.24) is 0 Å². The first kappa shape index (κ1) is 18.7. The zero-order valence-corrected chi connectivity index (χ0v) is 15.4. The van der Waals surface area contributed by atoms with E-state index in [1.807, 2.05) is 19.9 Å². The van der Waals surface area contributed by atoms with Crippen LogP contribution in [0.4, 0.5) is 0 Å². The normalized spacial score (nSPS) is 10.7. The number of aryl methyl sites for hydroxylation is 2. The molecule has 0 fully saturated rings. The van der Waals surface area contributed by atoms with Crippen LogP contribution in [-0.2, 0) is 9.53 Å². The molecule has 0 aliphatic rings. The number of para-hydroxylation sites is 1. The summed E-state index contributed by atoms with van der Waals surface area (Å²) in [7, 11) is 3.07. The van der Waals surface area contributed by atoms with Gasteiger partial charge in [-0.1, -0.05) is 12.1 Å². The van der Waals surface area contributed by atoms with E-state index in [0.717, 1.165) is 9.75 Å². The van der Waals surface area contributed by atoms with Gasteiger partial charge in [0.1, 0.15) is 0 Å². The Hall–Kier alpha value is -2.60. The molecule has 1 aromatic carbocycles. The first-order valence-corrected chi connectivity index (χ1v) is 8.44. The fourth-order valence-electron chi connectivity index (χ4n) is 2.37. The molecule has 25 heavy (non-hydrogen) atoms. The van der Waals surface area contributed by atoms with E-state index in [0.29, 0.717) is 22.6 Å². The van der Waals surface area contributed by atoms with Crippen LogP contribution < -0.4 is 9.47 Å². The second kappa shape index (κ2) is 8.48. The van der Waals surface area contributed by atoms with Crippen molar-refractivity contribution in [3.8, 4) is 11.5 Å². The van der Waals surface area contributed by atoms with Crippen LogP contribution in [0.5, 0.6) is 11.5 Å². The smallest absolute Gasteiger partial charge is 0.331 e. The Morgan fingerprint density at radius 1 is 1.16 bits per heavy atom. The number of Topliss-reactive ketones (excluding diaryl/α,β-unsaturated/α-hetero) is 1. The Bertz CT molecular complexity index is 804. The minimum Gasteiger partial charge on any atom is -0.493 e. The van der Waals surface area contributed by atoms with Gasteiger partial charge in [-0.2, -0.15) is 0 Å². The number of ether oxygens (including phenoxy) is 3. The second-order valence-electron chi connectivity index (χ2n) is 5.27. The number of methoxy groups -OCH3 is 2. The third kappa shape index (κ3) is 4.70. The highest BCUT2D eigenvalue weighted by Gasteiger charge is 2.14. The van der Waals surface area contributed by atoms with Crippen molar-refractivity contribution >= 4 is 29.2 Å². The molecule has 132 valence electrons. The lowest BCUT2D eigenvalue weighted by Gasteiger charge is -2.09. The zero-order valence-electron chi connectivity index (χ0n) is 14.6. The summed E-state index contributed by atoms with van der Waals surface area (Å²) >= 11 is 1.55. The van der Waals surface area contributed by atoms with Crippen LogP contribution in [0.3, 0.4) is 0 Å². The summed E-state index contributed by atoms with van der Waals surface area (Å²) in [5.74, 6) is 0.288. The van der Waals surface area contributed by atoms with Gasteiger partial charge in [0.05, 0.1) is 14.2 Å². The highest BCUT2D eigenvalue weighted by Crippen LogP contribution is 2.31. The third-order valence-corrected chi connectivity index (χ3v) is 4.49. The monoisotopic (exact) mass is 360 g/mol. The second-order valence-corrected chi connectivity index (χ2v) is 6.73. The van der Waals surface area contributed by atoms with Crippen molar-refractivity contribution in [1.29, 1.82) is 0 Å². The fourth-order valence-corrected chi connectivity index (χ4v) is 3.31. The van der Waals surface area contributed by atoms with E-state index in [4.69, 9.17) is 14.2 Å². The lowest BCUT2D eigenvalue weighted by Crippen LogP contribution is -2.12. The van der Waals surface area contributed by atoms with E-state index < -0.39 is 5.97 Å². The molecule has 0 aliphatic heterocycles. The lowest BCUT2D eigenvalue weighted by atomic mass is 10.1. The molecule has 5 nitrogen and oxygen atoms in total. The van der Waals surface area contributed by atoms with Gasteiger partial charge in [-0.3, -0.25) is 4.79 Å². The van der Waals surface area contributed by atoms with E-state index in [1.54, 1.807) is 42.7 Å². The van der Waals surface area contributed by atoms with E-state index in [-0.39, 0.29) is 12.4 Å². The van der Waals surface area contributed by atoms with Crippen LogP contribution in [0.15, 0.2) is 30.3 Å². The summed E-state index contributed by atoms with van der Waals surface area (Å²) in [6, 6.07) is 7.15. The van der Waals surface area contributed by atoms with Crippen LogP contribution in [0.1, 0.15) is 25.7 Å². The maximum absolute atomic E-state index is 12.1. The van der Waals surface area contributed by atoms with Gasteiger partial charge in [-0.05, 0) is 32.1 Å². The summed E-state index contributed by atoms with van der Waals surface area (Å²) < 4.78 is 15.5. The number of hydrogen-bond donors (Lipinski definition) is 0. The van der Waals surface area contributed by atoms with Crippen LogP contribution >= 0.6 is 11.3 Å². The molecule has 0 saturated heterocycles. The van der Waals surface area contributed by atoms with Crippen LogP contribution in [0.2, 0.25) is 0 Å². The number of esters is 1. The molecule has 2 aromatic rings. The molecule has 1 heterocycles. The summed E-state index contributed by atoms with van der Waals surface area (Å²) in [5.41, 5.74) is 1.28. The highest BCUT2D eigenvalue weighted by molar-refractivity contribution is 7.12. The third-order valence-electron chi connectivity index (χ3n) is 3.52. The summed E-state index contributed by atoms with van der Waals surface area (Å²) in [6.07, 6.45) is 2.82. The van der Waals surface area contributed by atoms with E-state index in [9.17, 15) is 9.59 Å². The minimum atomic E-state index is -0.595. The van der Waals surface area contributed by atoms with Gasteiger partial charge in [0.2, 0.25) is 5.78 Å². The minimum absolute atomic E-state index is 0.206. The van der Waals surface area contributed by atoms with Crippen molar-refractivity contribution in [3.63, 3.8) is 0 Å². The lowest BCUT2D eigenvalue weighted by molar-refractivity contribution is -0.136. The molecule has 0 spiro atoms. The Balaban J connectivity index is 2.00. The molecule has 1 aromatic heterocycles. The zero-order chi connectivity index (χ0) is 18.4. The van der Waals surface area contributed by atoms with Crippen molar-refractivity contribution in [2.24, 2.45) is 0 Å². The number of ketones is 1. The maximum atomic E-state index is 12.1. The van der Waals surface area contributed by atoms with Gasteiger partial charge >= 0.3 is 5.97 Å². The number of rotatable bonds is 7. The van der Waals surface area contributed by atoms with Crippen LogP contribution in [0.25, 0.3) is 6.08 Å². The molecule has 6 heteroatoms. The highest BCUT2D eigenvalue weighted by atomic mass is 32.1. The molecule has 0 bridgehead atoms. The predicted molar refractivity (Wildman–Crippen MR) is 97.7 cm³/mol. The van der Waals surface area contributed by atoms with Gasteiger partial charge < -0.3 is 14.2 Å². The Labute approximate surface area is 150 Å². The molecule has 0 N–H and O–H groups in total. The van der Waals surface area contributed by atoms with Gasteiger partial charge in [0.15, 0.2) is 18.1 Å². The SMILES string of the molecule is COc1cccc(/C=C/C(=O)OCC(=O)c2cc(C)sc2C)c1OC. The number of benzene rings is 1. The molecule has 0 amide bonds. The number of carbonyl (C=O) groups is 2. The van der Waals surface area contributed by atoms with E-state index >= 15 is 0 Å². The first-order valence-electron chi connectivity index (χ1n) is 7.62. The van der Waals surface area contributed by atoms with E-state index in [1.165, 1.54) is 13.2 Å². The Kier molecular flexibility index (Phi) is 6.36. The molecule has 0 atom stereocenters. The average molecular weight is 360 g/mol. The summed E-state index contributed by atoms with van der Waals surface area (Å²) in [5, 5.41) is 0. The standard InChI is InChI=1S/C19H20O5S/c1-12-10-15(13(2)25-12)16(20)11-24-18(21)9-8-14-6-5-7-17(22-3)19(14)23-4/h5-10H,11H2,1-4H3/b9-8+. The fraction of sp³-hybridized carbons (Fsp3) is 0.263. The van der Waals surface area contributed by atoms with Crippen molar-refractivity contribution < 1.29 is 23.8 Å².